The molecule has 2 N–H and O–H groups in total. The van der Waals surface area contributed by atoms with Crippen molar-refractivity contribution >= 4 is 27.6 Å². The number of anilines is 1. The number of alkyl halides is 3. The Bertz CT molecular complexity index is 1820. The molecule has 12 heteroatoms. The van der Waals surface area contributed by atoms with Crippen LogP contribution in [0.15, 0.2) is 95.9 Å². The lowest BCUT2D eigenvalue weighted by Gasteiger charge is -2.27. The van der Waals surface area contributed by atoms with Gasteiger partial charge in [0.2, 0.25) is 5.91 Å². The molecule has 0 saturated carbocycles. The molecule has 4 aromatic rings. The van der Waals surface area contributed by atoms with Gasteiger partial charge in [-0.15, -0.1) is 0 Å². The predicted molar refractivity (Wildman–Crippen MR) is 162 cm³/mol. The summed E-state index contributed by atoms with van der Waals surface area (Å²) in [6.07, 6.45) is -4.95. The average molecular weight is 639 g/mol. The largest absolute Gasteiger partial charge is 0.492 e. The number of rotatable bonds is 10. The van der Waals surface area contributed by atoms with Crippen LogP contribution in [0.25, 0.3) is 11.1 Å². The van der Waals surface area contributed by atoms with Gasteiger partial charge in [0.15, 0.2) is 0 Å². The van der Waals surface area contributed by atoms with E-state index < -0.39 is 44.6 Å². The molecular formula is C33H29F3N2O6S. The van der Waals surface area contributed by atoms with E-state index in [4.69, 9.17) is 9.84 Å². The minimum absolute atomic E-state index is 0.0138. The highest BCUT2D eigenvalue weighted by atomic mass is 32.2. The number of aryl methyl sites for hydroxylation is 1. The highest BCUT2D eigenvalue weighted by molar-refractivity contribution is 7.93. The number of carboxylic acids is 1. The molecule has 0 unspecified atom stereocenters. The maximum atomic E-state index is 14.3. The number of carboxylic acid groups (broad SMARTS) is 1. The fourth-order valence-corrected chi connectivity index (χ4v) is 6.89. The second-order valence-electron chi connectivity index (χ2n) is 10.6. The molecule has 0 aliphatic carbocycles. The first-order valence-electron chi connectivity index (χ1n) is 14.0. The molecule has 0 radical (unpaired) electrons. The van der Waals surface area contributed by atoms with E-state index in [-0.39, 0.29) is 37.2 Å². The fourth-order valence-electron chi connectivity index (χ4n) is 5.21. The number of fused-ring (bicyclic) bond motifs is 1. The van der Waals surface area contributed by atoms with Crippen LogP contribution >= 0.6 is 0 Å². The van der Waals surface area contributed by atoms with Crippen molar-refractivity contribution in [3.63, 3.8) is 0 Å². The molecule has 1 atom stereocenters. The Balaban J connectivity index is 1.37. The summed E-state index contributed by atoms with van der Waals surface area (Å²) in [4.78, 5) is 23.6. The number of sulfonamides is 1. The van der Waals surface area contributed by atoms with E-state index in [2.05, 4.69) is 5.32 Å². The van der Waals surface area contributed by atoms with Crippen molar-refractivity contribution in [3.8, 4) is 16.9 Å². The van der Waals surface area contributed by atoms with Crippen LogP contribution in [0.3, 0.4) is 0 Å². The zero-order chi connectivity index (χ0) is 32.4. The second kappa shape index (κ2) is 12.6. The van der Waals surface area contributed by atoms with Crippen LogP contribution in [-0.4, -0.2) is 44.6 Å². The molecular weight excluding hydrogens is 609 g/mol. The second-order valence-corrected chi connectivity index (χ2v) is 12.4. The number of hydrogen-bond donors (Lipinski definition) is 2. The zero-order valence-electron chi connectivity index (χ0n) is 24.0. The first-order valence-corrected chi connectivity index (χ1v) is 15.4. The summed E-state index contributed by atoms with van der Waals surface area (Å²) in [6, 6.07) is 21.0. The first kappa shape index (κ1) is 31.6. The van der Waals surface area contributed by atoms with Crippen LogP contribution in [0.2, 0.25) is 0 Å². The molecule has 0 fully saturated rings. The molecule has 5 rings (SSSR count). The van der Waals surface area contributed by atoms with Crippen molar-refractivity contribution in [1.29, 1.82) is 0 Å². The van der Waals surface area contributed by atoms with E-state index >= 15 is 0 Å². The molecule has 1 aliphatic rings. The number of halogens is 3. The van der Waals surface area contributed by atoms with E-state index in [9.17, 15) is 31.2 Å². The third kappa shape index (κ3) is 6.96. The monoisotopic (exact) mass is 638 g/mol. The molecule has 8 nitrogen and oxygen atoms in total. The van der Waals surface area contributed by atoms with Crippen LogP contribution in [-0.2, 0) is 38.6 Å². The number of ether oxygens (including phenoxy) is 1. The summed E-state index contributed by atoms with van der Waals surface area (Å²) in [5.74, 6) is -1.15. The van der Waals surface area contributed by atoms with Gasteiger partial charge in [0, 0.05) is 6.42 Å². The molecule has 1 amide bonds. The van der Waals surface area contributed by atoms with Crippen molar-refractivity contribution in [2.75, 3.05) is 17.5 Å². The maximum Gasteiger partial charge on any atom is 0.417 e. The van der Waals surface area contributed by atoms with Crippen LogP contribution in [0.4, 0.5) is 18.9 Å². The number of nitrogens with zero attached hydrogens (tertiary/aromatic N) is 1. The Kier molecular flexibility index (Phi) is 8.87. The molecule has 45 heavy (non-hydrogen) atoms. The standard InChI is InChI=1S/C33H29F3N2O6S/c1-21-6-10-23(11-7-21)27-15-14-26(20-28(27)33(34,35)36)45(42,43)38-29-5-3-2-4-24(29)19-30(38)32(41)37-16-17-44-25-12-8-22(9-13-25)18-31(39)40/h2-15,20,30H,16-19H2,1H3,(H,37,41)(H,39,40)/t30-/m0/s1. The fraction of sp³-hybridized carbons (Fsp3) is 0.212. The molecule has 0 spiro atoms. The summed E-state index contributed by atoms with van der Waals surface area (Å²) in [5, 5.41) is 11.6. The molecule has 4 aromatic carbocycles. The van der Waals surface area contributed by atoms with Gasteiger partial charge in [0.05, 0.1) is 29.1 Å². The third-order valence-electron chi connectivity index (χ3n) is 7.39. The lowest BCUT2D eigenvalue weighted by Crippen LogP contribution is -2.48. The molecule has 1 heterocycles. The number of amides is 1. The minimum atomic E-state index is -4.85. The Morgan fingerprint density at radius 2 is 1.67 bits per heavy atom. The first-order chi connectivity index (χ1) is 21.3. The number of benzene rings is 4. The quantitative estimate of drug-likeness (QED) is 0.218. The number of aliphatic carboxylic acids is 1. The average Bonchev–Trinajstić information content (AvgIpc) is 3.40. The normalized spacial score (nSPS) is 14.6. The lowest BCUT2D eigenvalue weighted by atomic mass is 9.98. The number of carbonyl (C=O) groups excluding carboxylic acids is 1. The summed E-state index contributed by atoms with van der Waals surface area (Å²) in [7, 11) is -4.62. The van der Waals surface area contributed by atoms with E-state index in [1.165, 1.54) is 6.07 Å². The highest BCUT2D eigenvalue weighted by Crippen LogP contribution is 2.41. The third-order valence-corrected chi connectivity index (χ3v) is 9.21. The maximum absolute atomic E-state index is 14.3. The van der Waals surface area contributed by atoms with E-state index in [1.54, 1.807) is 66.7 Å². The molecule has 0 bridgehead atoms. The zero-order valence-corrected chi connectivity index (χ0v) is 24.9. The smallest absolute Gasteiger partial charge is 0.417 e. The van der Waals surface area contributed by atoms with Gasteiger partial charge in [0.25, 0.3) is 10.0 Å². The van der Waals surface area contributed by atoms with Gasteiger partial charge >= 0.3 is 12.1 Å². The van der Waals surface area contributed by atoms with Crippen LogP contribution in [0.1, 0.15) is 22.3 Å². The summed E-state index contributed by atoms with van der Waals surface area (Å²) in [5.41, 5.74) is 1.26. The summed E-state index contributed by atoms with van der Waals surface area (Å²) < 4.78 is 77.3. The van der Waals surface area contributed by atoms with Crippen LogP contribution < -0.4 is 14.4 Å². The van der Waals surface area contributed by atoms with Crippen LogP contribution in [0.5, 0.6) is 5.75 Å². The van der Waals surface area contributed by atoms with Crippen LogP contribution in [0, 0.1) is 6.92 Å². The van der Waals surface area contributed by atoms with Gasteiger partial charge in [-0.1, -0.05) is 66.2 Å². The Morgan fingerprint density at radius 3 is 2.33 bits per heavy atom. The summed E-state index contributed by atoms with van der Waals surface area (Å²) >= 11 is 0. The van der Waals surface area contributed by atoms with Gasteiger partial charge in [-0.25, -0.2) is 8.42 Å². The Morgan fingerprint density at radius 1 is 0.978 bits per heavy atom. The van der Waals surface area contributed by atoms with E-state index in [0.29, 0.717) is 28.5 Å². The molecule has 0 saturated heterocycles. The number of nitrogens with one attached hydrogen (secondary N) is 1. The van der Waals surface area contributed by atoms with Crippen molar-refractivity contribution in [2.45, 2.75) is 36.9 Å². The minimum Gasteiger partial charge on any atom is -0.492 e. The van der Waals surface area contributed by atoms with E-state index in [0.717, 1.165) is 22.0 Å². The van der Waals surface area contributed by atoms with Gasteiger partial charge in [-0.3, -0.25) is 13.9 Å². The predicted octanol–water partition coefficient (Wildman–Crippen LogP) is 5.62. The Labute approximate surface area is 258 Å². The SMILES string of the molecule is Cc1ccc(-c2ccc(S(=O)(=O)N3c4ccccc4C[C@H]3C(=O)NCCOc3ccc(CC(=O)O)cc3)cc2C(F)(F)F)cc1. The van der Waals surface area contributed by atoms with Crippen molar-refractivity contribution in [1.82, 2.24) is 5.32 Å². The Hall–Kier alpha value is -4.84. The topological polar surface area (TPSA) is 113 Å². The van der Waals surface area contributed by atoms with Gasteiger partial charge in [-0.2, -0.15) is 13.2 Å². The molecule has 0 aromatic heterocycles. The van der Waals surface area contributed by atoms with Crippen molar-refractivity contribution < 1.29 is 41.0 Å². The molecule has 234 valence electrons. The van der Waals surface area contributed by atoms with Crippen molar-refractivity contribution in [3.05, 3.63) is 113 Å². The van der Waals surface area contributed by atoms with E-state index in [1.807, 2.05) is 6.92 Å². The van der Waals surface area contributed by atoms with Gasteiger partial charge < -0.3 is 15.2 Å². The summed E-state index contributed by atoms with van der Waals surface area (Å²) in [6.45, 7) is 1.85. The number of carbonyl (C=O) groups is 2. The lowest BCUT2D eigenvalue weighted by molar-refractivity contribution is -0.137. The molecule has 1 aliphatic heterocycles. The van der Waals surface area contributed by atoms with Crippen molar-refractivity contribution in [2.24, 2.45) is 0 Å². The number of hydrogen-bond acceptors (Lipinski definition) is 5. The number of para-hydroxylation sites is 1. The van der Waals surface area contributed by atoms with Gasteiger partial charge in [0.1, 0.15) is 18.4 Å². The highest BCUT2D eigenvalue weighted by Gasteiger charge is 2.43. The van der Waals surface area contributed by atoms with Gasteiger partial charge in [-0.05, 0) is 59.5 Å².